The molecular formula is C15H22N2S. The topological polar surface area (TPSA) is 24.4 Å². The van der Waals surface area contributed by atoms with Crippen molar-refractivity contribution in [1.29, 1.82) is 0 Å². The fourth-order valence-corrected chi connectivity index (χ4v) is 2.77. The van der Waals surface area contributed by atoms with E-state index in [0.717, 1.165) is 18.3 Å². The van der Waals surface area contributed by atoms with Gasteiger partial charge >= 0.3 is 0 Å². The fraction of sp³-hybridized carbons (Fsp3) is 0.533. The highest BCUT2D eigenvalue weighted by molar-refractivity contribution is 8.14. The number of nitrogens with zero attached hydrogens (tertiary/aromatic N) is 1. The maximum Gasteiger partial charge on any atom is 0.157 e. The monoisotopic (exact) mass is 262 g/mol. The van der Waals surface area contributed by atoms with Crippen LogP contribution in [0.2, 0.25) is 0 Å². The van der Waals surface area contributed by atoms with Gasteiger partial charge in [0.2, 0.25) is 0 Å². The summed E-state index contributed by atoms with van der Waals surface area (Å²) in [6, 6.07) is 10.6. The summed E-state index contributed by atoms with van der Waals surface area (Å²) in [4.78, 5) is 4.60. The van der Waals surface area contributed by atoms with Gasteiger partial charge in [-0.1, -0.05) is 62.9 Å². The van der Waals surface area contributed by atoms with Crippen molar-refractivity contribution >= 4 is 16.9 Å². The van der Waals surface area contributed by atoms with Gasteiger partial charge in [-0.2, -0.15) is 0 Å². The molecule has 0 bridgehead atoms. The Bertz CT molecular complexity index is 412. The van der Waals surface area contributed by atoms with Crippen LogP contribution in [0.1, 0.15) is 38.0 Å². The minimum Gasteiger partial charge on any atom is -0.364 e. The molecule has 1 aromatic rings. The maximum absolute atomic E-state index is 4.60. The number of rotatable bonds is 4. The molecule has 0 radical (unpaired) electrons. The molecule has 1 aromatic carbocycles. The third kappa shape index (κ3) is 3.52. The molecule has 1 unspecified atom stereocenters. The molecule has 98 valence electrons. The Hall–Kier alpha value is -0.960. The Labute approximate surface area is 114 Å². The van der Waals surface area contributed by atoms with Gasteiger partial charge < -0.3 is 5.32 Å². The number of thioether (sulfide) groups is 1. The van der Waals surface area contributed by atoms with E-state index in [4.69, 9.17) is 0 Å². The molecule has 0 spiro atoms. The van der Waals surface area contributed by atoms with Crippen LogP contribution in [0.5, 0.6) is 0 Å². The summed E-state index contributed by atoms with van der Waals surface area (Å²) >= 11 is 1.85. The first-order valence-electron chi connectivity index (χ1n) is 6.61. The Morgan fingerprint density at radius 1 is 1.33 bits per heavy atom. The lowest BCUT2D eigenvalue weighted by atomic mass is 9.90. The van der Waals surface area contributed by atoms with Crippen LogP contribution in [-0.4, -0.2) is 18.3 Å². The Kier molecular flexibility index (Phi) is 4.33. The minimum absolute atomic E-state index is 0.341. The van der Waals surface area contributed by atoms with Crippen molar-refractivity contribution in [2.24, 2.45) is 10.4 Å². The van der Waals surface area contributed by atoms with Crippen molar-refractivity contribution in [1.82, 2.24) is 5.32 Å². The first-order chi connectivity index (χ1) is 8.61. The summed E-state index contributed by atoms with van der Waals surface area (Å²) in [5.74, 6) is 0. The molecule has 0 saturated carbocycles. The van der Waals surface area contributed by atoms with Gasteiger partial charge in [-0.05, 0) is 17.4 Å². The zero-order valence-electron chi connectivity index (χ0n) is 11.4. The summed E-state index contributed by atoms with van der Waals surface area (Å²) < 4.78 is 0. The molecule has 1 heterocycles. The normalized spacial score (nSPS) is 19.7. The summed E-state index contributed by atoms with van der Waals surface area (Å²) in [5, 5.41) is 5.07. The molecule has 1 aliphatic rings. The average molecular weight is 262 g/mol. The Balaban J connectivity index is 1.85. The summed E-state index contributed by atoms with van der Waals surface area (Å²) in [5.41, 5.74) is 1.71. The van der Waals surface area contributed by atoms with Crippen molar-refractivity contribution < 1.29 is 0 Å². The smallest absolute Gasteiger partial charge is 0.157 e. The summed E-state index contributed by atoms with van der Waals surface area (Å²) in [6.07, 6.45) is 1.18. The zero-order chi connectivity index (χ0) is 13.0. The molecular weight excluding hydrogens is 240 g/mol. The predicted molar refractivity (Wildman–Crippen MR) is 81.2 cm³/mol. The zero-order valence-corrected chi connectivity index (χ0v) is 12.3. The van der Waals surface area contributed by atoms with E-state index in [9.17, 15) is 0 Å². The van der Waals surface area contributed by atoms with E-state index >= 15 is 0 Å². The van der Waals surface area contributed by atoms with E-state index in [-0.39, 0.29) is 0 Å². The highest BCUT2D eigenvalue weighted by Crippen LogP contribution is 2.34. The largest absolute Gasteiger partial charge is 0.364 e. The molecule has 0 saturated heterocycles. The number of amidine groups is 1. The molecule has 18 heavy (non-hydrogen) atoms. The van der Waals surface area contributed by atoms with Gasteiger partial charge in [0, 0.05) is 6.54 Å². The molecule has 1 atom stereocenters. The molecule has 0 amide bonds. The van der Waals surface area contributed by atoms with Crippen molar-refractivity contribution in [2.45, 2.75) is 32.4 Å². The molecule has 0 fully saturated rings. The molecule has 3 heteroatoms. The lowest BCUT2D eigenvalue weighted by Gasteiger charge is -2.23. The second-order valence-electron chi connectivity index (χ2n) is 5.53. The van der Waals surface area contributed by atoms with Gasteiger partial charge in [0.05, 0.1) is 11.8 Å². The van der Waals surface area contributed by atoms with Crippen molar-refractivity contribution in [3.05, 3.63) is 35.9 Å². The fourth-order valence-electron chi connectivity index (χ4n) is 1.75. The lowest BCUT2D eigenvalue weighted by Crippen LogP contribution is -2.31. The Morgan fingerprint density at radius 3 is 2.72 bits per heavy atom. The van der Waals surface area contributed by atoms with Crippen LogP contribution in [0.25, 0.3) is 0 Å². The van der Waals surface area contributed by atoms with Crippen LogP contribution in [0.15, 0.2) is 35.3 Å². The van der Waals surface area contributed by atoms with Gasteiger partial charge in [-0.15, -0.1) is 0 Å². The van der Waals surface area contributed by atoms with E-state index in [0.29, 0.717) is 10.7 Å². The SMILES string of the molecule is CCC(C)(C)CNC1=NCC(c2ccccc2)S1. The highest BCUT2D eigenvalue weighted by Gasteiger charge is 2.22. The predicted octanol–water partition coefficient (Wildman–Crippen LogP) is 3.86. The van der Waals surface area contributed by atoms with Gasteiger partial charge in [0.25, 0.3) is 0 Å². The van der Waals surface area contributed by atoms with E-state index in [1.807, 2.05) is 11.8 Å². The summed E-state index contributed by atoms with van der Waals surface area (Å²) in [7, 11) is 0. The molecule has 2 nitrogen and oxygen atoms in total. The van der Waals surface area contributed by atoms with Gasteiger partial charge in [0.1, 0.15) is 0 Å². The first-order valence-corrected chi connectivity index (χ1v) is 7.48. The molecule has 0 aliphatic carbocycles. The van der Waals surface area contributed by atoms with E-state index in [1.165, 1.54) is 12.0 Å². The van der Waals surface area contributed by atoms with Crippen LogP contribution >= 0.6 is 11.8 Å². The van der Waals surface area contributed by atoms with Crippen LogP contribution in [0.3, 0.4) is 0 Å². The quantitative estimate of drug-likeness (QED) is 0.891. The third-order valence-corrected chi connectivity index (χ3v) is 4.70. The van der Waals surface area contributed by atoms with Crippen LogP contribution in [-0.2, 0) is 0 Å². The average Bonchev–Trinajstić information content (AvgIpc) is 2.86. The minimum atomic E-state index is 0.341. The molecule has 1 aliphatic heterocycles. The van der Waals surface area contributed by atoms with Crippen molar-refractivity contribution in [2.75, 3.05) is 13.1 Å². The van der Waals surface area contributed by atoms with Crippen LogP contribution < -0.4 is 5.32 Å². The number of hydrogen-bond donors (Lipinski definition) is 1. The second-order valence-corrected chi connectivity index (χ2v) is 6.73. The van der Waals surface area contributed by atoms with Gasteiger partial charge in [-0.3, -0.25) is 4.99 Å². The van der Waals surface area contributed by atoms with Crippen molar-refractivity contribution in [3.63, 3.8) is 0 Å². The summed E-state index contributed by atoms with van der Waals surface area (Å²) in [6.45, 7) is 8.70. The van der Waals surface area contributed by atoms with Crippen LogP contribution in [0.4, 0.5) is 0 Å². The Morgan fingerprint density at radius 2 is 2.06 bits per heavy atom. The van der Waals surface area contributed by atoms with Gasteiger partial charge in [0.15, 0.2) is 5.17 Å². The number of nitrogens with one attached hydrogen (secondary N) is 1. The first kappa shape index (κ1) is 13.5. The van der Waals surface area contributed by atoms with Crippen LogP contribution in [0, 0.1) is 5.41 Å². The number of aliphatic imine (C=N–C) groups is 1. The third-order valence-electron chi connectivity index (χ3n) is 3.50. The van der Waals surface area contributed by atoms with E-state index < -0.39 is 0 Å². The molecule has 2 rings (SSSR count). The van der Waals surface area contributed by atoms with E-state index in [1.54, 1.807) is 0 Å². The lowest BCUT2D eigenvalue weighted by molar-refractivity contribution is 0.350. The van der Waals surface area contributed by atoms with Gasteiger partial charge in [-0.25, -0.2) is 0 Å². The van der Waals surface area contributed by atoms with E-state index in [2.05, 4.69) is 61.4 Å². The van der Waals surface area contributed by atoms with Crippen molar-refractivity contribution in [3.8, 4) is 0 Å². The maximum atomic E-state index is 4.60. The highest BCUT2D eigenvalue weighted by atomic mass is 32.2. The molecule has 1 N–H and O–H groups in total. The standard InChI is InChI=1S/C15H22N2S/c1-4-15(2,3)11-17-14-16-10-13(18-14)12-8-6-5-7-9-12/h5-9,13H,4,10-11H2,1-3H3,(H,16,17). The second kappa shape index (κ2) is 5.79. The number of hydrogen-bond acceptors (Lipinski definition) is 3. The number of benzene rings is 1. The molecule has 0 aromatic heterocycles.